The molecule has 0 aromatic carbocycles. The van der Waals surface area contributed by atoms with E-state index in [1.165, 1.54) is 36.7 Å². The maximum absolute atomic E-state index is 4.38. The summed E-state index contributed by atoms with van der Waals surface area (Å²) >= 11 is 2.06. The normalized spacial score (nSPS) is 18.4. The second-order valence-electron chi connectivity index (χ2n) is 4.30. The molecular weight excluding hydrogens is 232 g/mol. The summed E-state index contributed by atoms with van der Waals surface area (Å²) in [6.07, 6.45) is 8.88. The molecule has 2 aromatic heterocycles. The molecule has 3 heterocycles. The Morgan fingerprint density at radius 2 is 2.24 bits per heavy atom. The molecule has 2 aromatic rings. The minimum absolute atomic E-state index is 0.937. The van der Waals surface area contributed by atoms with Crippen molar-refractivity contribution in [3.63, 3.8) is 0 Å². The van der Waals surface area contributed by atoms with Crippen molar-refractivity contribution in [1.29, 1.82) is 0 Å². The van der Waals surface area contributed by atoms with E-state index in [2.05, 4.69) is 31.0 Å². The van der Waals surface area contributed by atoms with E-state index in [4.69, 9.17) is 0 Å². The highest BCUT2D eigenvalue weighted by molar-refractivity contribution is 7.99. The number of imidazole rings is 1. The van der Waals surface area contributed by atoms with Gasteiger partial charge in [-0.25, -0.2) is 4.98 Å². The molecule has 5 heteroatoms. The van der Waals surface area contributed by atoms with Crippen molar-refractivity contribution in [1.82, 2.24) is 19.3 Å². The Morgan fingerprint density at radius 3 is 3.24 bits per heavy atom. The average Bonchev–Trinajstić information content (AvgIpc) is 2.59. The number of nitrogens with zero attached hydrogens (tertiary/aromatic N) is 4. The van der Waals surface area contributed by atoms with Gasteiger partial charge in [-0.3, -0.25) is 14.3 Å². The van der Waals surface area contributed by atoms with E-state index in [1.54, 1.807) is 0 Å². The summed E-state index contributed by atoms with van der Waals surface area (Å²) in [4.78, 5) is 11.0. The zero-order valence-electron chi connectivity index (χ0n) is 9.75. The van der Waals surface area contributed by atoms with E-state index in [1.807, 2.05) is 24.8 Å². The van der Waals surface area contributed by atoms with Crippen LogP contribution in [0, 0.1) is 0 Å². The Hall–Kier alpha value is -1.07. The molecule has 0 spiro atoms. The Bertz CT molecular complexity index is 488. The van der Waals surface area contributed by atoms with E-state index in [9.17, 15) is 0 Å². The van der Waals surface area contributed by atoms with Crippen LogP contribution in [0.15, 0.2) is 24.8 Å². The lowest BCUT2D eigenvalue weighted by atomic mass is 10.3. The van der Waals surface area contributed by atoms with Crippen molar-refractivity contribution in [2.24, 2.45) is 0 Å². The lowest BCUT2D eigenvalue weighted by Gasteiger charge is -2.18. The van der Waals surface area contributed by atoms with Crippen LogP contribution in [0.5, 0.6) is 0 Å². The Balaban J connectivity index is 1.79. The summed E-state index contributed by atoms with van der Waals surface area (Å²) in [7, 11) is 0. The Labute approximate surface area is 105 Å². The van der Waals surface area contributed by atoms with E-state index < -0.39 is 0 Å². The lowest BCUT2D eigenvalue weighted by molar-refractivity contribution is 0.283. The van der Waals surface area contributed by atoms with Crippen LogP contribution >= 0.6 is 11.8 Å². The Morgan fingerprint density at radius 1 is 1.24 bits per heavy atom. The van der Waals surface area contributed by atoms with Gasteiger partial charge in [0.15, 0.2) is 5.65 Å². The summed E-state index contributed by atoms with van der Waals surface area (Å²) in [5.41, 5.74) is 2.20. The summed E-state index contributed by atoms with van der Waals surface area (Å²) in [6, 6.07) is 0. The highest BCUT2D eigenvalue weighted by Gasteiger charge is 2.11. The number of aromatic nitrogens is 3. The molecule has 0 bridgehead atoms. The van der Waals surface area contributed by atoms with Gasteiger partial charge >= 0.3 is 0 Å². The first kappa shape index (κ1) is 11.0. The standard InChI is InChI=1S/C12H16N4S/c1-3-15(5-7-17-6-1)10-11-8-14-12-9-13-2-4-16(11)12/h2,4,8-9H,1,3,5-7,10H2. The first-order chi connectivity index (χ1) is 8.43. The van der Waals surface area contributed by atoms with Gasteiger partial charge in [0, 0.05) is 31.2 Å². The van der Waals surface area contributed by atoms with Crippen LogP contribution in [-0.4, -0.2) is 43.9 Å². The van der Waals surface area contributed by atoms with Crippen molar-refractivity contribution in [2.45, 2.75) is 13.0 Å². The van der Waals surface area contributed by atoms with Crippen LogP contribution < -0.4 is 0 Å². The molecule has 17 heavy (non-hydrogen) atoms. The predicted octanol–water partition coefficient (Wildman–Crippen LogP) is 1.67. The highest BCUT2D eigenvalue weighted by atomic mass is 32.2. The molecule has 1 saturated heterocycles. The summed E-state index contributed by atoms with van der Waals surface area (Å²) in [6.45, 7) is 3.38. The second kappa shape index (κ2) is 5.06. The van der Waals surface area contributed by atoms with Crippen molar-refractivity contribution in [3.8, 4) is 0 Å². The number of fused-ring (bicyclic) bond motifs is 1. The number of hydrogen-bond acceptors (Lipinski definition) is 4. The topological polar surface area (TPSA) is 33.4 Å². The van der Waals surface area contributed by atoms with Crippen molar-refractivity contribution < 1.29 is 0 Å². The third kappa shape index (κ3) is 2.45. The first-order valence-electron chi connectivity index (χ1n) is 5.99. The van der Waals surface area contributed by atoms with Gasteiger partial charge in [-0.2, -0.15) is 11.8 Å². The zero-order valence-corrected chi connectivity index (χ0v) is 10.6. The van der Waals surface area contributed by atoms with Gasteiger partial charge in [-0.05, 0) is 18.7 Å². The third-order valence-corrected chi connectivity index (χ3v) is 4.14. The molecule has 0 unspecified atom stereocenters. The lowest BCUT2D eigenvalue weighted by Crippen LogP contribution is -2.26. The number of hydrogen-bond donors (Lipinski definition) is 0. The molecule has 1 aliphatic rings. The molecule has 1 fully saturated rings. The maximum atomic E-state index is 4.38. The van der Waals surface area contributed by atoms with Gasteiger partial charge in [0.1, 0.15) is 0 Å². The van der Waals surface area contributed by atoms with E-state index in [-0.39, 0.29) is 0 Å². The zero-order chi connectivity index (χ0) is 11.5. The van der Waals surface area contributed by atoms with Gasteiger partial charge in [-0.1, -0.05) is 0 Å². The van der Waals surface area contributed by atoms with Gasteiger partial charge in [0.2, 0.25) is 0 Å². The molecule has 4 nitrogen and oxygen atoms in total. The summed E-state index contributed by atoms with van der Waals surface area (Å²) < 4.78 is 2.13. The molecule has 0 saturated carbocycles. The molecule has 0 aliphatic carbocycles. The van der Waals surface area contributed by atoms with Crippen LogP contribution in [0.1, 0.15) is 12.1 Å². The first-order valence-corrected chi connectivity index (χ1v) is 7.15. The fraction of sp³-hybridized carbons (Fsp3) is 0.500. The molecule has 3 rings (SSSR count). The fourth-order valence-corrected chi connectivity index (χ4v) is 3.12. The fourth-order valence-electron chi connectivity index (χ4n) is 2.20. The van der Waals surface area contributed by atoms with Gasteiger partial charge in [-0.15, -0.1) is 0 Å². The van der Waals surface area contributed by atoms with Crippen molar-refractivity contribution in [2.75, 3.05) is 24.6 Å². The molecule has 0 atom stereocenters. The SMILES string of the molecule is c1cn2c(CN3CCCSCC3)cnc2cn1. The highest BCUT2D eigenvalue weighted by Crippen LogP contribution is 2.13. The number of rotatable bonds is 2. The molecule has 0 N–H and O–H groups in total. The van der Waals surface area contributed by atoms with Crippen LogP contribution in [0.2, 0.25) is 0 Å². The van der Waals surface area contributed by atoms with Gasteiger partial charge in [0.05, 0.1) is 18.1 Å². The third-order valence-electron chi connectivity index (χ3n) is 3.09. The van der Waals surface area contributed by atoms with Crippen molar-refractivity contribution >= 4 is 17.4 Å². The molecule has 90 valence electrons. The maximum Gasteiger partial charge on any atom is 0.155 e. The van der Waals surface area contributed by atoms with Crippen LogP contribution in [0.4, 0.5) is 0 Å². The average molecular weight is 248 g/mol. The summed E-state index contributed by atoms with van der Waals surface area (Å²) in [5.74, 6) is 2.55. The molecule has 1 aliphatic heterocycles. The second-order valence-corrected chi connectivity index (χ2v) is 5.52. The van der Waals surface area contributed by atoms with Gasteiger partial charge in [0.25, 0.3) is 0 Å². The van der Waals surface area contributed by atoms with E-state index in [0.717, 1.165) is 12.2 Å². The predicted molar refractivity (Wildman–Crippen MR) is 70.2 cm³/mol. The monoisotopic (exact) mass is 248 g/mol. The quantitative estimate of drug-likeness (QED) is 0.809. The minimum atomic E-state index is 0.937. The van der Waals surface area contributed by atoms with Crippen LogP contribution in [0.25, 0.3) is 5.65 Å². The van der Waals surface area contributed by atoms with E-state index >= 15 is 0 Å². The molecule has 0 amide bonds. The smallest absolute Gasteiger partial charge is 0.155 e. The molecular formula is C12H16N4S. The van der Waals surface area contributed by atoms with Gasteiger partial charge < -0.3 is 0 Å². The molecule has 0 radical (unpaired) electrons. The van der Waals surface area contributed by atoms with Crippen LogP contribution in [0.3, 0.4) is 0 Å². The van der Waals surface area contributed by atoms with Crippen molar-refractivity contribution in [3.05, 3.63) is 30.5 Å². The largest absolute Gasteiger partial charge is 0.300 e. The minimum Gasteiger partial charge on any atom is -0.300 e. The Kier molecular flexibility index (Phi) is 3.29. The van der Waals surface area contributed by atoms with Crippen LogP contribution in [-0.2, 0) is 6.54 Å². The van der Waals surface area contributed by atoms with E-state index in [0.29, 0.717) is 0 Å². The number of thioether (sulfide) groups is 1. The summed E-state index contributed by atoms with van der Waals surface area (Å²) in [5, 5.41) is 0.